The highest BCUT2D eigenvalue weighted by molar-refractivity contribution is 5.80. The lowest BCUT2D eigenvalue weighted by molar-refractivity contribution is -0.132. The second-order valence-electron chi connectivity index (χ2n) is 6.21. The van der Waals surface area contributed by atoms with Gasteiger partial charge in [-0.15, -0.1) is 0 Å². The van der Waals surface area contributed by atoms with Crippen LogP contribution in [0.1, 0.15) is 20.8 Å². The van der Waals surface area contributed by atoms with Crippen molar-refractivity contribution in [2.75, 3.05) is 51.3 Å². The molecule has 0 bridgehead atoms. The van der Waals surface area contributed by atoms with Crippen molar-refractivity contribution in [3.8, 4) is 5.75 Å². The predicted molar refractivity (Wildman–Crippen MR) is 97.8 cm³/mol. The van der Waals surface area contributed by atoms with Crippen molar-refractivity contribution in [1.82, 2.24) is 9.91 Å². The van der Waals surface area contributed by atoms with Crippen LogP contribution < -0.4 is 9.64 Å². The van der Waals surface area contributed by atoms with Gasteiger partial charge in [-0.1, -0.05) is 0 Å². The van der Waals surface area contributed by atoms with Crippen molar-refractivity contribution in [1.29, 1.82) is 0 Å². The normalized spacial score (nSPS) is 14.3. The van der Waals surface area contributed by atoms with E-state index in [1.54, 1.807) is 11.1 Å². The Morgan fingerprint density at radius 1 is 1.28 bits per heavy atom. The van der Waals surface area contributed by atoms with Crippen LogP contribution in [0.15, 0.2) is 23.3 Å². The van der Waals surface area contributed by atoms with Crippen LogP contribution in [-0.2, 0) is 4.79 Å². The second kappa shape index (κ2) is 8.69. The van der Waals surface area contributed by atoms with E-state index in [4.69, 9.17) is 4.74 Å². The van der Waals surface area contributed by atoms with Crippen LogP contribution in [0, 0.1) is 5.82 Å². The SMILES string of the molecule is CCN(CC(=O)N1CCN(c2ccc(F)cc2OC)CC1)N=C(C)C. The smallest absolute Gasteiger partial charge is 0.243 e. The fraction of sp³-hybridized carbons (Fsp3) is 0.556. The molecule has 1 amide bonds. The minimum absolute atomic E-state index is 0.0811. The monoisotopic (exact) mass is 350 g/mol. The van der Waals surface area contributed by atoms with Crippen LogP contribution in [0.2, 0.25) is 0 Å². The number of anilines is 1. The molecule has 1 saturated heterocycles. The summed E-state index contributed by atoms with van der Waals surface area (Å²) in [5.41, 5.74) is 1.79. The zero-order valence-corrected chi connectivity index (χ0v) is 15.5. The molecule has 1 fully saturated rings. The van der Waals surface area contributed by atoms with Gasteiger partial charge in [0.1, 0.15) is 18.1 Å². The topological polar surface area (TPSA) is 48.4 Å². The standard InChI is InChI=1S/C18H27FN4O2/c1-5-23(20-14(2)3)13-18(24)22-10-8-21(9-11-22)16-7-6-15(19)12-17(16)25-4/h6-7,12H,5,8-11,13H2,1-4H3. The number of benzene rings is 1. The Morgan fingerprint density at radius 2 is 1.96 bits per heavy atom. The zero-order valence-electron chi connectivity index (χ0n) is 15.5. The lowest BCUT2D eigenvalue weighted by Crippen LogP contribution is -2.51. The Balaban J connectivity index is 1.95. The largest absolute Gasteiger partial charge is 0.494 e. The number of hydrogen-bond donors (Lipinski definition) is 0. The molecule has 0 spiro atoms. The van der Waals surface area contributed by atoms with Crippen LogP contribution in [-0.4, -0.2) is 67.9 Å². The molecule has 1 heterocycles. The third kappa shape index (κ3) is 5.08. The third-order valence-electron chi connectivity index (χ3n) is 4.14. The zero-order chi connectivity index (χ0) is 18.4. The van der Waals surface area contributed by atoms with E-state index in [1.165, 1.54) is 19.2 Å². The molecule has 0 aromatic heterocycles. The summed E-state index contributed by atoms with van der Waals surface area (Å²) in [5.74, 6) is 0.281. The maximum atomic E-state index is 13.3. The Bertz CT molecular complexity index is 624. The lowest BCUT2D eigenvalue weighted by Gasteiger charge is -2.37. The van der Waals surface area contributed by atoms with E-state index in [2.05, 4.69) is 10.0 Å². The number of hydrazone groups is 1. The van der Waals surface area contributed by atoms with Crippen LogP contribution in [0.5, 0.6) is 5.75 Å². The van der Waals surface area contributed by atoms with Crippen molar-refractivity contribution in [3.63, 3.8) is 0 Å². The van der Waals surface area contributed by atoms with E-state index in [0.717, 1.165) is 11.4 Å². The van der Waals surface area contributed by atoms with E-state index in [0.29, 0.717) is 45.0 Å². The molecule has 1 aromatic rings. The van der Waals surface area contributed by atoms with Crippen LogP contribution in [0.3, 0.4) is 0 Å². The molecule has 1 aliphatic rings. The molecule has 7 heteroatoms. The Kier molecular flexibility index (Phi) is 6.61. The molecule has 138 valence electrons. The Labute approximate surface area is 148 Å². The molecule has 0 radical (unpaired) electrons. The highest BCUT2D eigenvalue weighted by atomic mass is 19.1. The number of halogens is 1. The van der Waals surface area contributed by atoms with Gasteiger partial charge in [0.15, 0.2) is 0 Å². The second-order valence-corrected chi connectivity index (χ2v) is 6.21. The van der Waals surface area contributed by atoms with Crippen molar-refractivity contribution >= 4 is 17.3 Å². The number of carbonyl (C=O) groups is 1. The van der Waals surface area contributed by atoms with Crippen LogP contribution in [0.25, 0.3) is 0 Å². The number of methoxy groups -OCH3 is 1. The molecule has 0 aliphatic carbocycles. The predicted octanol–water partition coefficient (Wildman–Crippen LogP) is 2.20. The molecule has 25 heavy (non-hydrogen) atoms. The van der Waals surface area contributed by atoms with Gasteiger partial charge in [0, 0.05) is 44.5 Å². The first kappa shape index (κ1) is 19.0. The number of hydrogen-bond acceptors (Lipinski definition) is 5. The van der Waals surface area contributed by atoms with Crippen LogP contribution in [0.4, 0.5) is 10.1 Å². The highest BCUT2D eigenvalue weighted by Gasteiger charge is 2.24. The summed E-state index contributed by atoms with van der Waals surface area (Å²) in [7, 11) is 1.54. The number of likely N-dealkylation sites (N-methyl/N-ethyl adjacent to an activating group) is 1. The van der Waals surface area contributed by atoms with Gasteiger partial charge in [-0.05, 0) is 32.9 Å². The van der Waals surface area contributed by atoms with Crippen molar-refractivity contribution < 1.29 is 13.9 Å². The summed E-state index contributed by atoms with van der Waals surface area (Å²) in [6.07, 6.45) is 0. The fourth-order valence-corrected chi connectivity index (χ4v) is 2.87. The number of piperazine rings is 1. The van der Waals surface area contributed by atoms with Crippen LogP contribution >= 0.6 is 0 Å². The number of ether oxygens (including phenoxy) is 1. The first-order valence-electron chi connectivity index (χ1n) is 8.57. The summed E-state index contributed by atoms with van der Waals surface area (Å²) in [5, 5.41) is 6.15. The molecule has 0 atom stereocenters. The van der Waals surface area contributed by atoms with Gasteiger partial charge in [0.25, 0.3) is 0 Å². The number of rotatable bonds is 6. The fourth-order valence-electron chi connectivity index (χ4n) is 2.87. The lowest BCUT2D eigenvalue weighted by atomic mass is 10.2. The van der Waals surface area contributed by atoms with Gasteiger partial charge in [-0.25, -0.2) is 4.39 Å². The summed E-state index contributed by atoms with van der Waals surface area (Å²) in [6.45, 7) is 9.46. The number of carbonyl (C=O) groups excluding carboxylic acids is 1. The minimum Gasteiger partial charge on any atom is -0.494 e. The average Bonchev–Trinajstić information content (AvgIpc) is 2.60. The maximum Gasteiger partial charge on any atom is 0.243 e. The van der Waals surface area contributed by atoms with E-state index in [9.17, 15) is 9.18 Å². The average molecular weight is 350 g/mol. The van der Waals surface area contributed by atoms with Gasteiger partial charge < -0.3 is 14.5 Å². The van der Waals surface area contributed by atoms with E-state index >= 15 is 0 Å². The molecule has 0 saturated carbocycles. The number of nitrogens with zero attached hydrogens (tertiary/aromatic N) is 4. The summed E-state index contributed by atoms with van der Waals surface area (Å²) in [4.78, 5) is 16.5. The molecule has 1 aromatic carbocycles. The Morgan fingerprint density at radius 3 is 2.52 bits per heavy atom. The molecular formula is C18H27FN4O2. The first-order valence-corrected chi connectivity index (χ1v) is 8.57. The van der Waals surface area contributed by atoms with Gasteiger partial charge in [0.05, 0.1) is 12.8 Å². The van der Waals surface area contributed by atoms with E-state index in [-0.39, 0.29) is 11.7 Å². The van der Waals surface area contributed by atoms with Crippen molar-refractivity contribution in [2.24, 2.45) is 5.10 Å². The van der Waals surface area contributed by atoms with Gasteiger partial charge in [-0.2, -0.15) is 5.10 Å². The quantitative estimate of drug-likeness (QED) is 0.583. The van der Waals surface area contributed by atoms with Gasteiger partial charge in [-0.3, -0.25) is 9.80 Å². The molecule has 0 N–H and O–H groups in total. The highest BCUT2D eigenvalue weighted by Crippen LogP contribution is 2.29. The molecular weight excluding hydrogens is 323 g/mol. The molecule has 6 nitrogen and oxygen atoms in total. The maximum absolute atomic E-state index is 13.3. The summed E-state index contributed by atoms with van der Waals surface area (Å²) >= 11 is 0. The third-order valence-corrected chi connectivity index (χ3v) is 4.14. The molecule has 1 aliphatic heterocycles. The van der Waals surface area contributed by atoms with E-state index < -0.39 is 0 Å². The van der Waals surface area contributed by atoms with E-state index in [1.807, 2.05) is 25.7 Å². The van der Waals surface area contributed by atoms with Crippen molar-refractivity contribution in [3.05, 3.63) is 24.0 Å². The number of amides is 1. The van der Waals surface area contributed by atoms with Crippen molar-refractivity contribution in [2.45, 2.75) is 20.8 Å². The summed E-state index contributed by atoms with van der Waals surface area (Å²) in [6, 6.07) is 4.54. The summed E-state index contributed by atoms with van der Waals surface area (Å²) < 4.78 is 18.6. The minimum atomic E-state index is -0.319. The molecule has 0 unspecified atom stereocenters. The van der Waals surface area contributed by atoms with Gasteiger partial charge >= 0.3 is 0 Å². The van der Waals surface area contributed by atoms with Gasteiger partial charge in [0.2, 0.25) is 5.91 Å². The molecule has 2 rings (SSSR count). The first-order chi connectivity index (χ1) is 11.9. The Hall–Kier alpha value is -2.31.